The largest absolute Gasteiger partial charge is 0.315 e. The van der Waals surface area contributed by atoms with Crippen molar-refractivity contribution in [2.45, 2.75) is 5.92 Å². The molecule has 4 nitrogen and oxygen atoms in total. The van der Waals surface area contributed by atoms with E-state index in [0.29, 0.717) is 5.92 Å². The first-order valence-electron chi connectivity index (χ1n) is 5.11. The second-order valence-corrected chi connectivity index (χ2v) is 3.75. The Balaban J connectivity index is 2.01. The summed E-state index contributed by atoms with van der Waals surface area (Å²) in [5.74, 6) is 1.56. The summed E-state index contributed by atoms with van der Waals surface area (Å²) in [4.78, 5) is 0. The first kappa shape index (κ1) is 8.61. The lowest BCUT2D eigenvalue weighted by molar-refractivity contribution is 0.425. The Morgan fingerprint density at radius 2 is 2.00 bits per heavy atom. The van der Waals surface area contributed by atoms with E-state index < -0.39 is 0 Å². The second-order valence-electron chi connectivity index (χ2n) is 3.75. The van der Waals surface area contributed by atoms with Crippen molar-refractivity contribution in [2.24, 2.45) is 0 Å². The van der Waals surface area contributed by atoms with Crippen LogP contribution in [-0.2, 0) is 0 Å². The van der Waals surface area contributed by atoms with Crippen LogP contribution in [0.5, 0.6) is 0 Å². The molecule has 4 heteroatoms. The molecule has 1 saturated heterocycles. The summed E-state index contributed by atoms with van der Waals surface area (Å²) >= 11 is 0. The lowest BCUT2D eigenvalue weighted by Crippen LogP contribution is -2.41. The van der Waals surface area contributed by atoms with Crippen LogP contribution in [0.1, 0.15) is 11.7 Å². The highest BCUT2D eigenvalue weighted by atomic mass is 15.3. The highest BCUT2D eigenvalue weighted by molar-refractivity contribution is 5.33. The van der Waals surface area contributed by atoms with E-state index in [4.69, 9.17) is 0 Å². The molecule has 0 bridgehead atoms. The molecule has 1 N–H and O–H groups in total. The molecule has 0 saturated carbocycles. The van der Waals surface area contributed by atoms with E-state index in [2.05, 4.69) is 32.2 Å². The molecular formula is C11H12N4. The number of para-hydroxylation sites is 1. The van der Waals surface area contributed by atoms with E-state index in [1.807, 2.05) is 18.2 Å². The Morgan fingerprint density at radius 3 is 2.67 bits per heavy atom. The molecule has 2 aromatic rings. The fraction of sp³-hybridized carbons (Fsp3) is 0.273. The number of rotatable bonds is 2. The zero-order chi connectivity index (χ0) is 10.1. The number of benzene rings is 1. The smallest absolute Gasteiger partial charge is 0.143 e. The third kappa shape index (κ3) is 1.43. The fourth-order valence-electron chi connectivity index (χ4n) is 1.78. The molecule has 3 rings (SSSR count). The predicted octanol–water partition coefficient (Wildman–Crippen LogP) is 0.954. The molecule has 1 aromatic heterocycles. The highest BCUT2D eigenvalue weighted by Crippen LogP contribution is 2.20. The van der Waals surface area contributed by atoms with Crippen molar-refractivity contribution < 1.29 is 0 Å². The van der Waals surface area contributed by atoms with Crippen LogP contribution in [0.4, 0.5) is 0 Å². The van der Waals surface area contributed by atoms with Gasteiger partial charge >= 0.3 is 0 Å². The summed E-state index contributed by atoms with van der Waals surface area (Å²) in [7, 11) is 0. The molecule has 1 aliphatic rings. The molecule has 0 spiro atoms. The fourth-order valence-corrected chi connectivity index (χ4v) is 1.78. The molecule has 0 atom stereocenters. The first-order chi connectivity index (χ1) is 7.45. The van der Waals surface area contributed by atoms with Gasteiger partial charge in [-0.2, -0.15) is 0 Å². The minimum Gasteiger partial charge on any atom is -0.315 e. The summed E-state index contributed by atoms with van der Waals surface area (Å²) in [6.45, 7) is 2.01. The minimum absolute atomic E-state index is 0.507. The van der Waals surface area contributed by atoms with Gasteiger partial charge in [-0.25, -0.2) is 0 Å². The molecule has 2 heterocycles. The molecule has 0 aliphatic carbocycles. The summed E-state index contributed by atoms with van der Waals surface area (Å²) in [6, 6.07) is 10.2. The molecule has 0 amide bonds. The van der Waals surface area contributed by atoms with Crippen molar-refractivity contribution >= 4 is 0 Å². The van der Waals surface area contributed by atoms with E-state index >= 15 is 0 Å². The zero-order valence-corrected chi connectivity index (χ0v) is 8.30. The van der Waals surface area contributed by atoms with E-state index in [-0.39, 0.29) is 0 Å². The SMILES string of the molecule is c1ccc(-n2cnnc2C2CNC2)cc1. The van der Waals surface area contributed by atoms with Crippen LogP contribution in [0.3, 0.4) is 0 Å². The van der Waals surface area contributed by atoms with E-state index in [1.165, 1.54) is 0 Å². The molecule has 1 aromatic carbocycles. The highest BCUT2D eigenvalue weighted by Gasteiger charge is 2.24. The molecule has 15 heavy (non-hydrogen) atoms. The Morgan fingerprint density at radius 1 is 1.20 bits per heavy atom. The van der Waals surface area contributed by atoms with Gasteiger partial charge < -0.3 is 5.32 Å². The lowest BCUT2D eigenvalue weighted by Gasteiger charge is -2.26. The maximum absolute atomic E-state index is 4.19. The number of nitrogens with one attached hydrogen (secondary N) is 1. The standard InChI is InChI=1S/C11H12N4/c1-2-4-10(5-3-1)15-8-13-14-11(15)9-6-12-7-9/h1-5,8-9,12H,6-7H2. The molecule has 1 fully saturated rings. The van der Waals surface area contributed by atoms with Crippen LogP contribution < -0.4 is 5.32 Å². The quantitative estimate of drug-likeness (QED) is 0.785. The molecule has 1 aliphatic heterocycles. The number of nitrogens with zero attached hydrogens (tertiary/aromatic N) is 3. The van der Waals surface area contributed by atoms with Crippen LogP contribution >= 0.6 is 0 Å². The van der Waals surface area contributed by atoms with Crippen molar-refractivity contribution in [2.75, 3.05) is 13.1 Å². The van der Waals surface area contributed by atoms with Gasteiger partial charge in [0.1, 0.15) is 12.2 Å². The molecule has 0 unspecified atom stereocenters. The molecular weight excluding hydrogens is 188 g/mol. The monoisotopic (exact) mass is 200 g/mol. The first-order valence-corrected chi connectivity index (χ1v) is 5.11. The number of aromatic nitrogens is 3. The normalized spacial score (nSPS) is 16.3. The average Bonchev–Trinajstić information content (AvgIpc) is 2.65. The van der Waals surface area contributed by atoms with Crippen LogP contribution in [-0.4, -0.2) is 27.9 Å². The van der Waals surface area contributed by atoms with Gasteiger partial charge in [0, 0.05) is 24.7 Å². The Kier molecular flexibility index (Phi) is 1.99. The van der Waals surface area contributed by atoms with Crippen LogP contribution in [0, 0.1) is 0 Å². The lowest BCUT2D eigenvalue weighted by atomic mass is 10.0. The van der Waals surface area contributed by atoms with Gasteiger partial charge in [0.15, 0.2) is 0 Å². The third-order valence-corrected chi connectivity index (χ3v) is 2.76. The number of hydrogen-bond acceptors (Lipinski definition) is 3. The Bertz CT molecular complexity index is 445. The van der Waals surface area contributed by atoms with Gasteiger partial charge in [-0.15, -0.1) is 10.2 Å². The average molecular weight is 200 g/mol. The van der Waals surface area contributed by atoms with Crippen LogP contribution in [0.15, 0.2) is 36.7 Å². The second kappa shape index (κ2) is 3.47. The predicted molar refractivity (Wildman–Crippen MR) is 57.0 cm³/mol. The van der Waals surface area contributed by atoms with Crippen molar-refractivity contribution in [3.63, 3.8) is 0 Å². The van der Waals surface area contributed by atoms with Crippen LogP contribution in [0.25, 0.3) is 5.69 Å². The van der Waals surface area contributed by atoms with Gasteiger partial charge in [0.25, 0.3) is 0 Å². The van der Waals surface area contributed by atoms with Gasteiger partial charge in [0.05, 0.1) is 0 Å². The van der Waals surface area contributed by atoms with Crippen molar-refractivity contribution in [3.05, 3.63) is 42.5 Å². The maximum atomic E-state index is 4.19. The summed E-state index contributed by atoms with van der Waals surface area (Å²) < 4.78 is 2.06. The van der Waals surface area contributed by atoms with Gasteiger partial charge in [-0.1, -0.05) is 18.2 Å². The zero-order valence-electron chi connectivity index (χ0n) is 8.30. The number of hydrogen-bond donors (Lipinski definition) is 1. The Labute approximate surface area is 88.0 Å². The van der Waals surface area contributed by atoms with Gasteiger partial charge in [-0.05, 0) is 12.1 Å². The van der Waals surface area contributed by atoms with Crippen molar-refractivity contribution in [3.8, 4) is 5.69 Å². The minimum atomic E-state index is 0.507. The third-order valence-electron chi connectivity index (χ3n) is 2.76. The van der Waals surface area contributed by atoms with Crippen molar-refractivity contribution in [1.29, 1.82) is 0 Å². The van der Waals surface area contributed by atoms with Crippen molar-refractivity contribution in [1.82, 2.24) is 20.1 Å². The summed E-state index contributed by atoms with van der Waals surface area (Å²) in [5.41, 5.74) is 1.13. The topological polar surface area (TPSA) is 42.7 Å². The van der Waals surface area contributed by atoms with E-state index in [9.17, 15) is 0 Å². The Hall–Kier alpha value is -1.68. The van der Waals surface area contributed by atoms with E-state index in [1.54, 1.807) is 6.33 Å². The molecule has 76 valence electrons. The van der Waals surface area contributed by atoms with Gasteiger partial charge in [-0.3, -0.25) is 4.57 Å². The summed E-state index contributed by atoms with van der Waals surface area (Å²) in [6.07, 6.45) is 1.78. The van der Waals surface area contributed by atoms with Gasteiger partial charge in [0.2, 0.25) is 0 Å². The maximum Gasteiger partial charge on any atom is 0.143 e. The van der Waals surface area contributed by atoms with E-state index in [0.717, 1.165) is 24.6 Å². The molecule has 0 radical (unpaired) electrons. The van der Waals surface area contributed by atoms with Crippen LogP contribution in [0.2, 0.25) is 0 Å². The summed E-state index contributed by atoms with van der Waals surface area (Å²) in [5, 5.41) is 11.4.